The fourth-order valence-electron chi connectivity index (χ4n) is 3.00. The summed E-state index contributed by atoms with van der Waals surface area (Å²) in [5, 5.41) is 4.39. The number of hydrogen-bond acceptors (Lipinski definition) is 6. The molecule has 0 aromatic heterocycles. The Balaban J connectivity index is 1.69. The van der Waals surface area contributed by atoms with Crippen LogP contribution in [0.1, 0.15) is 28.4 Å². The molecule has 0 saturated carbocycles. The van der Waals surface area contributed by atoms with Crippen LogP contribution in [0.25, 0.3) is 0 Å². The number of ether oxygens (including phenoxy) is 4. The van der Waals surface area contributed by atoms with Crippen LogP contribution in [0.2, 0.25) is 5.02 Å². The predicted molar refractivity (Wildman–Crippen MR) is 128 cm³/mol. The van der Waals surface area contributed by atoms with Crippen LogP contribution in [-0.2, 0) is 6.61 Å². The van der Waals surface area contributed by atoms with E-state index in [9.17, 15) is 4.79 Å². The molecule has 0 aliphatic heterocycles. The van der Waals surface area contributed by atoms with Crippen molar-refractivity contribution in [3.8, 4) is 23.0 Å². The van der Waals surface area contributed by atoms with Crippen molar-refractivity contribution in [3.63, 3.8) is 0 Å². The van der Waals surface area contributed by atoms with Crippen LogP contribution in [-0.4, -0.2) is 32.9 Å². The molecule has 0 aliphatic carbocycles. The molecule has 7 nitrogen and oxygen atoms in total. The summed E-state index contributed by atoms with van der Waals surface area (Å²) in [5.41, 5.74) is 4.52. The van der Waals surface area contributed by atoms with Crippen molar-refractivity contribution in [1.82, 2.24) is 5.43 Å². The Kier molecular flexibility index (Phi) is 8.55. The Bertz CT molecular complexity index is 1120. The number of hydrogen-bond donors (Lipinski definition) is 1. The number of nitrogens with zero attached hydrogens (tertiary/aromatic N) is 1. The van der Waals surface area contributed by atoms with Gasteiger partial charge in [-0.1, -0.05) is 41.9 Å². The largest absolute Gasteiger partial charge is 0.493 e. The van der Waals surface area contributed by atoms with Crippen molar-refractivity contribution in [2.75, 3.05) is 20.8 Å². The maximum Gasteiger partial charge on any atom is 0.271 e. The Hall–Kier alpha value is -3.71. The zero-order valence-corrected chi connectivity index (χ0v) is 19.4. The second-order valence-electron chi connectivity index (χ2n) is 6.81. The van der Waals surface area contributed by atoms with Gasteiger partial charge in [0, 0.05) is 5.56 Å². The molecule has 0 aliphatic rings. The highest BCUT2D eigenvalue weighted by molar-refractivity contribution is 6.32. The zero-order chi connectivity index (χ0) is 23.6. The molecular formula is C25H25ClN2O5. The first-order valence-corrected chi connectivity index (χ1v) is 10.6. The van der Waals surface area contributed by atoms with Gasteiger partial charge in [-0.2, -0.15) is 5.10 Å². The van der Waals surface area contributed by atoms with Crippen LogP contribution in [0.3, 0.4) is 0 Å². The monoisotopic (exact) mass is 468 g/mol. The van der Waals surface area contributed by atoms with Crippen molar-refractivity contribution >= 4 is 23.7 Å². The first-order chi connectivity index (χ1) is 16.0. The molecular weight excluding hydrogens is 444 g/mol. The summed E-state index contributed by atoms with van der Waals surface area (Å²) in [6, 6.07) is 18.1. The molecule has 0 heterocycles. The summed E-state index contributed by atoms with van der Waals surface area (Å²) in [5.74, 6) is 1.54. The normalized spacial score (nSPS) is 10.7. The number of halogens is 1. The fraction of sp³-hybridized carbons (Fsp3) is 0.200. The average molecular weight is 469 g/mol. The van der Waals surface area contributed by atoms with Crippen molar-refractivity contribution < 1.29 is 23.7 Å². The van der Waals surface area contributed by atoms with Crippen molar-refractivity contribution in [3.05, 3.63) is 82.4 Å². The number of carbonyl (C=O) groups excluding carboxylic acids is 1. The molecule has 3 aromatic carbocycles. The van der Waals surface area contributed by atoms with Gasteiger partial charge in [-0.25, -0.2) is 5.43 Å². The highest BCUT2D eigenvalue weighted by Gasteiger charge is 2.13. The van der Waals surface area contributed by atoms with E-state index in [1.165, 1.54) is 13.3 Å². The molecule has 0 atom stereocenters. The minimum Gasteiger partial charge on any atom is -0.493 e. The van der Waals surface area contributed by atoms with Crippen LogP contribution in [0.4, 0.5) is 0 Å². The maximum atomic E-state index is 12.5. The molecule has 0 fully saturated rings. The smallest absolute Gasteiger partial charge is 0.271 e. The average Bonchev–Trinajstić information content (AvgIpc) is 2.83. The Morgan fingerprint density at radius 1 is 0.970 bits per heavy atom. The van der Waals surface area contributed by atoms with E-state index in [2.05, 4.69) is 10.5 Å². The van der Waals surface area contributed by atoms with E-state index < -0.39 is 5.91 Å². The van der Waals surface area contributed by atoms with E-state index in [1.54, 1.807) is 37.4 Å². The summed E-state index contributed by atoms with van der Waals surface area (Å²) in [6.45, 7) is 2.66. The summed E-state index contributed by atoms with van der Waals surface area (Å²) >= 11 is 6.41. The summed E-state index contributed by atoms with van der Waals surface area (Å²) in [4.78, 5) is 12.5. The molecule has 172 valence electrons. The van der Waals surface area contributed by atoms with E-state index in [0.29, 0.717) is 52.4 Å². The number of nitrogens with one attached hydrogen (secondary N) is 1. The molecule has 0 bridgehead atoms. The number of hydrazone groups is 1. The lowest BCUT2D eigenvalue weighted by molar-refractivity contribution is 0.0954. The number of methoxy groups -OCH3 is 2. The Labute approximate surface area is 197 Å². The van der Waals surface area contributed by atoms with E-state index in [-0.39, 0.29) is 0 Å². The minimum atomic E-state index is -0.393. The van der Waals surface area contributed by atoms with E-state index >= 15 is 0 Å². The molecule has 0 saturated heterocycles. The minimum absolute atomic E-state index is 0.353. The topological polar surface area (TPSA) is 78.4 Å². The molecule has 0 unspecified atom stereocenters. The Morgan fingerprint density at radius 3 is 2.42 bits per heavy atom. The van der Waals surface area contributed by atoms with Gasteiger partial charge in [0.2, 0.25) is 0 Å². The van der Waals surface area contributed by atoms with Crippen molar-refractivity contribution in [1.29, 1.82) is 0 Å². The van der Waals surface area contributed by atoms with Gasteiger partial charge in [0.15, 0.2) is 23.0 Å². The fourth-order valence-corrected chi connectivity index (χ4v) is 3.27. The number of benzene rings is 3. The molecule has 1 amide bonds. The lowest BCUT2D eigenvalue weighted by Gasteiger charge is -2.13. The van der Waals surface area contributed by atoms with Gasteiger partial charge in [0.05, 0.1) is 32.1 Å². The van der Waals surface area contributed by atoms with E-state index in [4.69, 9.17) is 30.5 Å². The standard InChI is InChI=1S/C25H25ClN2O5/c1-4-32-22-14-19(10-11-21(22)30-2)25(29)28-27-15-18-12-20(26)24(23(13-18)31-3)33-16-17-8-6-5-7-9-17/h5-15H,4,16H2,1-3H3,(H,28,29)/b27-15+. The second-order valence-corrected chi connectivity index (χ2v) is 7.21. The van der Waals surface area contributed by atoms with Crippen LogP contribution in [0.5, 0.6) is 23.0 Å². The van der Waals surface area contributed by atoms with Gasteiger partial charge >= 0.3 is 0 Å². The van der Waals surface area contributed by atoms with Gasteiger partial charge < -0.3 is 18.9 Å². The maximum absolute atomic E-state index is 12.5. The third-order valence-electron chi connectivity index (χ3n) is 4.58. The number of carbonyl (C=O) groups is 1. The van der Waals surface area contributed by atoms with Crippen LogP contribution in [0.15, 0.2) is 65.8 Å². The van der Waals surface area contributed by atoms with E-state index in [0.717, 1.165) is 5.56 Å². The summed E-state index contributed by atoms with van der Waals surface area (Å²) in [7, 11) is 3.07. The Morgan fingerprint density at radius 2 is 1.73 bits per heavy atom. The number of amides is 1. The predicted octanol–water partition coefficient (Wildman–Crippen LogP) is 5.10. The molecule has 0 spiro atoms. The lowest BCUT2D eigenvalue weighted by Crippen LogP contribution is -2.17. The third-order valence-corrected chi connectivity index (χ3v) is 4.86. The highest BCUT2D eigenvalue weighted by Crippen LogP contribution is 2.36. The van der Waals surface area contributed by atoms with Gasteiger partial charge in [-0.05, 0) is 48.4 Å². The first kappa shape index (κ1) is 23.9. The van der Waals surface area contributed by atoms with Gasteiger partial charge in [-0.15, -0.1) is 0 Å². The highest BCUT2D eigenvalue weighted by atomic mass is 35.5. The molecule has 8 heteroatoms. The van der Waals surface area contributed by atoms with Crippen molar-refractivity contribution in [2.45, 2.75) is 13.5 Å². The van der Waals surface area contributed by atoms with E-state index in [1.807, 2.05) is 37.3 Å². The second kappa shape index (κ2) is 11.8. The summed E-state index contributed by atoms with van der Waals surface area (Å²) < 4.78 is 22.0. The third kappa shape index (κ3) is 6.40. The lowest BCUT2D eigenvalue weighted by atomic mass is 10.2. The number of rotatable bonds is 10. The molecule has 3 rings (SSSR count). The van der Waals surface area contributed by atoms with Crippen LogP contribution >= 0.6 is 11.6 Å². The molecule has 0 radical (unpaired) electrons. The van der Waals surface area contributed by atoms with Gasteiger partial charge in [0.25, 0.3) is 5.91 Å². The van der Waals surface area contributed by atoms with Crippen LogP contribution < -0.4 is 24.4 Å². The van der Waals surface area contributed by atoms with Crippen molar-refractivity contribution in [2.24, 2.45) is 5.10 Å². The van der Waals surface area contributed by atoms with Crippen LogP contribution in [0, 0.1) is 0 Å². The SMILES string of the molecule is CCOc1cc(C(=O)N/N=C/c2cc(Cl)c(OCc3ccccc3)c(OC)c2)ccc1OC. The molecule has 1 N–H and O–H groups in total. The van der Waals surface area contributed by atoms with Gasteiger partial charge in [0.1, 0.15) is 6.61 Å². The molecule has 3 aromatic rings. The quantitative estimate of drug-likeness (QED) is 0.331. The summed E-state index contributed by atoms with van der Waals surface area (Å²) in [6.07, 6.45) is 1.47. The molecule has 33 heavy (non-hydrogen) atoms. The zero-order valence-electron chi connectivity index (χ0n) is 18.6. The first-order valence-electron chi connectivity index (χ1n) is 10.2. The van der Waals surface area contributed by atoms with Gasteiger partial charge in [-0.3, -0.25) is 4.79 Å².